The number of hydrogen-bond acceptors (Lipinski definition) is 5. The number of para-hydroxylation sites is 2. The number of aromatic nitrogens is 2. The molecule has 2 aliphatic rings. The second kappa shape index (κ2) is 8.61. The van der Waals surface area contributed by atoms with Crippen LogP contribution in [0.15, 0.2) is 54.9 Å². The summed E-state index contributed by atoms with van der Waals surface area (Å²) in [5.41, 5.74) is 3.72. The third-order valence-electron chi connectivity index (χ3n) is 6.16. The molecule has 1 saturated heterocycles. The van der Waals surface area contributed by atoms with Crippen molar-refractivity contribution >= 4 is 23.2 Å². The number of nitrogens with zero attached hydrogens (tertiary/aromatic N) is 3. The van der Waals surface area contributed by atoms with Gasteiger partial charge >= 0.3 is 0 Å². The Kier molecular flexibility index (Phi) is 5.50. The highest BCUT2D eigenvalue weighted by Gasteiger charge is 2.35. The summed E-state index contributed by atoms with van der Waals surface area (Å²) >= 11 is 0. The van der Waals surface area contributed by atoms with Gasteiger partial charge < -0.3 is 19.7 Å². The molecule has 0 unspecified atom stereocenters. The second-order valence-electron chi connectivity index (χ2n) is 8.61. The van der Waals surface area contributed by atoms with E-state index in [1.807, 2.05) is 56.3 Å². The number of carbonyl (C=O) groups excluding carboxylic acids is 2. The third-order valence-corrected chi connectivity index (χ3v) is 6.16. The van der Waals surface area contributed by atoms with E-state index >= 15 is 0 Å². The van der Waals surface area contributed by atoms with Gasteiger partial charge in [-0.25, -0.2) is 0 Å². The number of carbonyl (C=O) groups is 2. The molecule has 0 spiro atoms. The molecule has 2 aliphatic heterocycles. The maximum atomic E-state index is 12.8. The van der Waals surface area contributed by atoms with E-state index < -0.39 is 5.92 Å². The van der Waals surface area contributed by atoms with Crippen LogP contribution in [-0.2, 0) is 16.1 Å². The fourth-order valence-corrected chi connectivity index (χ4v) is 4.16. The smallest absolute Gasteiger partial charge is 0.229 e. The minimum atomic E-state index is -0.408. The zero-order valence-electron chi connectivity index (χ0n) is 18.7. The maximum Gasteiger partial charge on any atom is 0.229 e. The zero-order chi connectivity index (χ0) is 22.9. The second-order valence-corrected chi connectivity index (χ2v) is 8.61. The van der Waals surface area contributed by atoms with Gasteiger partial charge in [0, 0.05) is 24.8 Å². The van der Waals surface area contributed by atoms with Gasteiger partial charge in [0.2, 0.25) is 11.8 Å². The Balaban J connectivity index is 1.18. The van der Waals surface area contributed by atoms with Crippen molar-refractivity contribution in [1.29, 1.82) is 0 Å². The van der Waals surface area contributed by atoms with Crippen molar-refractivity contribution in [2.75, 3.05) is 23.4 Å². The Labute approximate surface area is 192 Å². The van der Waals surface area contributed by atoms with Gasteiger partial charge in [0.1, 0.15) is 6.61 Å². The van der Waals surface area contributed by atoms with Crippen LogP contribution in [-0.4, -0.2) is 40.9 Å². The van der Waals surface area contributed by atoms with Crippen molar-refractivity contribution in [1.82, 2.24) is 9.78 Å². The van der Waals surface area contributed by atoms with Gasteiger partial charge in [0.05, 0.1) is 24.3 Å². The van der Waals surface area contributed by atoms with Crippen molar-refractivity contribution in [3.8, 4) is 11.5 Å². The van der Waals surface area contributed by atoms with Crippen LogP contribution in [0.2, 0.25) is 0 Å². The molecule has 33 heavy (non-hydrogen) atoms. The molecule has 0 radical (unpaired) electrons. The maximum absolute atomic E-state index is 12.8. The van der Waals surface area contributed by atoms with Crippen molar-refractivity contribution < 1.29 is 19.1 Å². The number of benzene rings is 2. The quantitative estimate of drug-likeness (QED) is 0.650. The summed E-state index contributed by atoms with van der Waals surface area (Å²) in [4.78, 5) is 27.1. The highest BCUT2D eigenvalue weighted by molar-refractivity contribution is 6.03. The number of fused-ring (bicyclic) bond motifs is 1. The van der Waals surface area contributed by atoms with Gasteiger partial charge in [-0.2, -0.15) is 5.10 Å². The predicted octanol–water partition coefficient (Wildman–Crippen LogP) is 3.33. The first kappa shape index (κ1) is 21.1. The number of hydrogen-bond donors (Lipinski definition) is 1. The summed E-state index contributed by atoms with van der Waals surface area (Å²) in [6.45, 7) is 5.34. The molecule has 2 aromatic carbocycles. The number of amides is 2. The normalized spacial score (nSPS) is 19.6. The molecule has 1 N–H and O–H groups in total. The van der Waals surface area contributed by atoms with Gasteiger partial charge in [0.15, 0.2) is 17.6 Å². The lowest BCUT2D eigenvalue weighted by molar-refractivity contribution is -0.122. The number of ether oxygens (including phenoxy) is 2. The van der Waals surface area contributed by atoms with Crippen molar-refractivity contribution in [3.05, 3.63) is 66.0 Å². The molecule has 0 bridgehead atoms. The first-order chi connectivity index (χ1) is 16.0. The Bertz CT molecular complexity index is 1200. The molecule has 5 rings (SSSR count). The molecule has 0 saturated carbocycles. The summed E-state index contributed by atoms with van der Waals surface area (Å²) in [7, 11) is 0. The highest BCUT2D eigenvalue weighted by Crippen LogP contribution is 2.31. The molecule has 3 heterocycles. The van der Waals surface area contributed by atoms with Crippen LogP contribution < -0.4 is 19.7 Å². The molecule has 2 atom stereocenters. The standard InChI is InChI=1S/C25H26N4O4/c1-16-7-8-20(9-17(16)2)29-12-18(10-24(29)30)25(31)27-19-11-26-28(13-19)14-21-15-32-22-5-3-4-6-23(22)33-21/h3-9,11,13,18,21H,10,12,14-15H2,1-2H3,(H,27,31)/t18-,21-/m1/s1. The van der Waals surface area contributed by atoms with E-state index in [0.29, 0.717) is 31.1 Å². The lowest BCUT2D eigenvalue weighted by Crippen LogP contribution is -2.33. The largest absolute Gasteiger partial charge is 0.486 e. The van der Waals surface area contributed by atoms with E-state index in [4.69, 9.17) is 9.47 Å². The van der Waals surface area contributed by atoms with Gasteiger partial charge in [0.25, 0.3) is 0 Å². The fraction of sp³-hybridized carbons (Fsp3) is 0.320. The Morgan fingerprint density at radius 3 is 2.79 bits per heavy atom. The van der Waals surface area contributed by atoms with Gasteiger partial charge in [-0.15, -0.1) is 0 Å². The molecule has 3 aromatic rings. The minimum absolute atomic E-state index is 0.0381. The molecule has 170 valence electrons. The van der Waals surface area contributed by atoms with Crippen LogP contribution >= 0.6 is 0 Å². The first-order valence-corrected chi connectivity index (χ1v) is 11.1. The minimum Gasteiger partial charge on any atom is -0.486 e. The van der Waals surface area contributed by atoms with E-state index in [-0.39, 0.29) is 24.3 Å². The number of aryl methyl sites for hydroxylation is 2. The fourth-order valence-electron chi connectivity index (χ4n) is 4.16. The van der Waals surface area contributed by atoms with Gasteiger partial charge in [-0.3, -0.25) is 14.3 Å². The Morgan fingerprint density at radius 1 is 1.15 bits per heavy atom. The predicted molar refractivity (Wildman–Crippen MR) is 124 cm³/mol. The zero-order valence-corrected chi connectivity index (χ0v) is 18.7. The molecular weight excluding hydrogens is 420 g/mol. The monoisotopic (exact) mass is 446 g/mol. The Morgan fingerprint density at radius 2 is 1.97 bits per heavy atom. The van der Waals surface area contributed by atoms with Crippen LogP contribution in [0.5, 0.6) is 11.5 Å². The van der Waals surface area contributed by atoms with E-state index in [1.54, 1.807) is 22.0 Å². The summed E-state index contributed by atoms with van der Waals surface area (Å²) in [6.07, 6.45) is 3.38. The van der Waals surface area contributed by atoms with Crippen LogP contribution in [0.25, 0.3) is 0 Å². The van der Waals surface area contributed by atoms with Crippen LogP contribution in [0.1, 0.15) is 17.5 Å². The number of anilines is 2. The molecule has 2 amide bonds. The lowest BCUT2D eigenvalue weighted by Gasteiger charge is -2.26. The SMILES string of the molecule is Cc1ccc(N2C[C@H](C(=O)Nc3cnn(C[C@@H]4COc5ccccc5O4)c3)CC2=O)cc1C. The molecule has 8 heteroatoms. The van der Waals surface area contributed by atoms with Crippen molar-refractivity contribution in [2.45, 2.75) is 32.9 Å². The summed E-state index contributed by atoms with van der Waals surface area (Å²) in [6, 6.07) is 13.5. The average molecular weight is 447 g/mol. The van der Waals surface area contributed by atoms with Crippen LogP contribution in [0.3, 0.4) is 0 Å². The van der Waals surface area contributed by atoms with Gasteiger partial charge in [-0.1, -0.05) is 18.2 Å². The summed E-state index contributed by atoms with van der Waals surface area (Å²) in [5.74, 6) is 0.829. The van der Waals surface area contributed by atoms with E-state index in [1.165, 1.54) is 5.56 Å². The highest BCUT2D eigenvalue weighted by atomic mass is 16.6. The van der Waals surface area contributed by atoms with Crippen molar-refractivity contribution in [2.24, 2.45) is 5.92 Å². The lowest BCUT2D eigenvalue weighted by atomic mass is 10.1. The van der Waals surface area contributed by atoms with Crippen LogP contribution in [0, 0.1) is 19.8 Å². The Hall–Kier alpha value is -3.81. The topological polar surface area (TPSA) is 85.7 Å². The number of rotatable bonds is 5. The molecule has 0 aliphatic carbocycles. The molecule has 1 fully saturated rings. The third kappa shape index (κ3) is 4.41. The number of nitrogens with one attached hydrogen (secondary N) is 1. The molecular formula is C25H26N4O4. The van der Waals surface area contributed by atoms with Gasteiger partial charge in [-0.05, 0) is 49.2 Å². The summed E-state index contributed by atoms with van der Waals surface area (Å²) in [5, 5.41) is 7.23. The average Bonchev–Trinajstić information content (AvgIpc) is 3.42. The van der Waals surface area contributed by atoms with E-state index in [0.717, 1.165) is 17.0 Å². The summed E-state index contributed by atoms with van der Waals surface area (Å²) < 4.78 is 13.4. The molecule has 8 nitrogen and oxygen atoms in total. The van der Waals surface area contributed by atoms with E-state index in [9.17, 15) is 9.59 Å². The van der Waals surface area contributed by atoms with Crippen molar-refractivity contribution in [3.63, 3.8) is 0 Å². The molecule has 1 aromatic heterocycles. The van der Waals surface area contributed by atoms with E-state index in [2.05, 4.69) is 10.4 Å². The first-order valence-electron chi connectivity index (χ1n) is 11.1. The van der Waals surface area contributed by atoms with Crippen LogP contribution in [0.4, 0.5) is 11.4 Å².